The predicted octanol–water partition coefficient (Wildman–Crippen LogP) is 5.01. The Balaban J connectivity index is 1.34. The molecule has 7 rings (SSSR count). The quantitative estimate of drug-likeness (QED) is 0.393. The first kappa shape index (κ1) is 20.7. The molecule has 6 heteroatoms. The lowest BCUT2D eigenvalue weighted by Crippen LogP contribution is -2.60. The van der Waals surface area contributed by atoms with E-state index < -0.39 is 11.1 Å². The van der Waals surface area contributed by atoms with E-state index >= 15 is 0 Å². The second-order valence-corrected chi connectivity index (χ2v) is 10.4. The normalized spacial score (nSPS) is 24.1. The van der Waals surface area contributed by atoms with Gasteiger partial charge in [-0.05, 0) is 67.9 Å². The summed E-state index contributed by atoms with van der Waals surface area (Å²) in [6, 6.07) is 24.9. The average Bonchev–Trinajstić information content (AvgIpc) is 3.66. The first-order valence-electron chi connectivity index (χ1n) is 12.3. The fourth-order valence-electron chi connectivity index (χ4n) is 5.93. The number of aromatic nitrogens is 4. The van der Waals surface area contributed by atoms with Gasteiger partial charge in [-0.15, -0.1) is 10.2 Å². The Morgan fingerprint density at radius 2 is 1.66 bits per heavy atom. The maximum atomic E-state index is 10.8. The van der Waals surface area contributed by atoms with Gasteiger partial charge in [0.25, 0.3) is 0 Å². The first-order chi connectivity index (χ1) is 16.9. The van der Waals surface area contributed by atoms with Crippen LogP contribution in [0.1, 0.15) is 37.1 Å². The van der Waals surface area contributed by atoms with Gasteiger partial charge < -0.3 is 10.8 Å². The Labute approximate surface area is 203 Å². The van der Waals surface area contributed by atoms with E-state index in [1.54, 1.807) is 0 Å². The third-order valence-electron chi connectivity index (χ3n) is 7.91. The zero-order valence-corrected chi connectivity index (χ0v) is 19.6. The summed E-state index contributed by atoms with van der Waals surface area (Å²) in [6.07, 6.45) is 3.54. The van der Waals surface area contributed by atoms with Crippen molar-refractivity contribution in [1.29, 1.82) is 0 Å². The molecule has 35 heavy (non-hydrogen) atoms. The molecule has 3 heterocycles. The summed E-state index contributed by atoms with van der Waals surface area (Å²) in [5.41, 5.74) is 13.6. The molecule has 2 aliphatic rings. The van der Waals surface area contributed by atoms with Gasteiger partial charge in [0.05, 0.1) is 22.3 Å². The molecule has 2 saturated carbocycles. The van der Waals surface area contributed by atoms with Gasteiger partial charge in [0, 0.05) is 16.7 Å². The Kier molecular flexibility index (Phi) is 4.26. The maximum absolute atomic E-state index is 10.8. The predicted molar refractivity (Wildman–Crippen MR) is 137 cm³/mol. The number of aryl methyl sites for hydroxylation is 1. The van der Waals surface area contributed by atoms with Crippen LogP contribution in [0.3, 0.4) is 0 Å². The van der Waals surface area contributed by atoms with Crippen molar-refractivity contribution in [2.75, 3.05) is 0 Å². The number of hydrogen-bond donors (Lipinski definition) is 2. The maximum Gasteiger partial charge on any atom is 0.161 e. The van der Waals surface area contributed by atoms with Crippen LogP contribution in [0.25, 0.3) is 39.1 Å². The molecular formula is C29H27N5O. The number of hydrogen-bond acceptors (Lipinski definition) is 5. The van der Waals surface area contributed by atoms with Crippen LogP contribution >= 0.6 is 0 Å². The van der Waals surface area contributed by atoms with Gasteiger partial charge in [-0.1, -0.05) is 54.6 Å². The molecule has 2 aliphatic carbocycles. The van der Waals surface area contributed by atoms with E-state index in [2.05, 4.69) is 57.1 Å². The number of rotatable bonds is 4. The molecule has 3 N–H and O–H groups in total. The Bertz CT molecular complexity index is 1580. The molecule has 0 spiro atoms. The fourth-order valence-corrected chi connectivity index (χ4v) is 5.93. The Morgan fingerprint density at radius 1 is 0.914 bits per heavy atom. The van der Waals surface area contributed by atoms with E-state index in [4.69, 9.17) is 10.7 Å². The molecular weight excluding hydrogens is 434 g/mol. The van der Waals surface area contributed by atoms with E-state index in [1.807, 2.05) is 37.3 Å². The SMILES string of the molecule is Cc1nnc2ccc3nc(-c4ccc([C@]5(N)C[C@@](O)(C6CC6)C5)cc4)c(-c4ccccc4)cc3n12. The minimum Gasteiger partial charge on any atom is -0.389 e. The van der Waals surface area contributed by atoms with Crippen molar-refractivity contribution in [3.8, 4) is 22.4 Å². The summed E-state index contributed by atoms with van der Waals surface area (Å²) in [7, 11) is 0. The van der Waals surface area contributed by atoms with Gasteiger partial charge in [0.2, 0.25) is 0 Å². The molecule has 0 aliphatic heterocycles. The van der Waals surface area contributed by atoms with Crippen LogP contribution in [0.2, 0.25) is 0 Å². The summed E-state index contributed by atoms with van der Waals surface area (Å²) in [4.78, 5) is 5.13. The highest BCUT2D eigenvalue weighted by atomic mass is 16.3. The van der Waals surface area contributed by atoms with Crippen molar-refractivity contribution in [1.82, 2.24) is 19.6 Å². The van der Waals surface area contributed by atoms with Crippen LogP contribution in [0.15, 0.2) is 72.8 Å². The number of nitrogens with zero attached hydrogens (tertiary/aromatic N) is 4. The van der Waals surface area contributed by atoms with Crippen LogP contribution < -0.4 is 5.73 Å². The van der Waals surface area contributed by atoms with Gasteiger partial charge in [0.15, 0.2) is 5.65 Å². The van der Waals surface area contributed by atoms with E-state index in [1.165, 1.54) is 0 Å². The minimum absolute atomic E-state index is 0.439. The molecule has 3 aromatic heterocycles. The van der Waals surface area contributed by atoms with Crippen molar-refractivity contribution in [3.63, 3.8) is 0 Å². The van der Waals surface area contributed by atoms with Gasteiger partial charge in [-0.3, -0.25) is 4.40 Å². The summed E-state index contributed by atoms with van der Waals surface area (Å²) in [6.45, 7) is 1.96. The van der Waals surface area contributed by atoms with E-state index in [0.29, 0.717) is 18.8 Å². The molecule has 0 bridgehead atoms. The fraction of sp³-hybridized carbons (Fsp3) is 0.276. The minimum atomic E-state index is -0.570. The van der Waals surface area contributed by atoms with E-state index in [-0.39, 0.29) is 0 Å². The average molecular weight is 462 g/mol. The number of pyridine rings is 2. The lowest BCUT2D eigenvalue weighted by Gasteiger charge is -2.52. The summed E-state index contributed by atoms with van der Waals surface area (Å²) >= 11 is 0. The molecule has 2 aromatic carbocycles. The zero-order chi connectivity index (χ0) is 23.8. The number of nitrogens with two attached hydrogens (primary N) is 1. The monoisotopic (exact) mass is 461 g/mol. The van der Waals surface area contributed by atoms with Crippen LogP contribution in [0.5, 0.6) is 0 Å². The van der Waals surface area contributed by atoms with Gasteiger partial charge in [0.1, 0.15) is 5.82 Å². The largest absolute Gasteiger partial charge is 0.389 e. The molecule has 0 unspecified atom stereocenters. The lowest BCUT2D eigenvalue weighted by atomic mass is 9.60. The third kappa shape index (κ3) is 3.21. The van der Waals surface area contributed by atoms with Crippen molar-refractivity contribution < 1.29 is 5.11 Å². The van der Waals surface area contributed by atoms with Crippen LogP contribution in [-0.2, 0) is 5.54 Å². The lowest BCUT2D eigenvalue weighted by molar-refractivity contribution is -0.106. The molecule has 6 nitrogen and oxygen atoms in total. The molecule has 0 atom stereocenters. The standard InChI is InChI=1S/C29H27N5O/c1-18-32-33-26-14-13-24-25(34(18)26)15-23(19-5-3-2-4-6-19)27(31-24)20-7-9-21(10-8-20)28(30)16-29(35,17-28)22-11-12-22/h2-10,13-15,22,35H,11-12,16-17,30H2,1H3/t28-,29-. The highest BCUT2D eigenvalue weighted by Crippen LogP contribution is 2.57. The zero-order valence-electron chi connectivity index (χ0n) is 19.6. The Hall–Kier alpha value is -3.61. The summed E-state index contributed by atoms with van der Waals surface area (Å²) in [5, 5.41) is 19.4. The highest BCUT2D eigenvalue weighted by Gasteiger charge is 2.58. The highest BCUT2D eigenvalue weighted by molar-refractivity contribution is 5.91. The summed E-state index contributed by atoms with van der Waals surface area (Å²) < 4.78 is 2.05. The molecule has 0 saturated heterocycles. The van der Waals surface area contributed by atoms with Crippen molar-refractivity contribution in [2.45, 2.75) is 43.7 Å². The molecule has 0 amide bonds. The smallest absolute Gasteiger partial charge is 0.161 e. The van der Waals surface area contributed by atoms with Crippen molar-refractivity contribution in [2.24, 2.45) is 11.7 Å². The van der Waals surface area contributed by atoms with Gasteiger partial charge >= 0.3 is 0 Å². The second-order valence-electron chi connectivity index (χ2n) is 10.4. The van der Waals surface area contributed by atoms with Crippen LogP contribution in [0.4, 0.5) is 0 Å². The number of fused-ring (bicyclic) bond motifs is 3. The topological polar surface area (TPSA) is 89.3 Å². The molecule has 174 valence electrons. The van der Waals surface area contributed by atoms with E-state index in [9.17, 15) is 5.11 Å². The summed E-state index contributed by atoms with van der Waals surface area (Å²) in [5.74, 6) is 1.28. The molecule has 2 fully saturated rings. The van der Waals surface area contributed by atoms with Crippen molar-refractivity contribution in [3.05, 3.63) is 84.2 Å². The number of benzene rings is 2. The van der Waals surface area contributed by atoms with Crippen LogP contribution in [-0.4, -0.2) is 30.3 Å². The number of aliphatic hydroxyl groups is 1. The van der Waals surface area contributed by atoms with Crippen LogP contribution in [0, 0.1) is 12.8 Å². The van der Waals surface area contributed by atoms with Crippen molar-refractivity contribution >= 4 is 16.7 Å². The Morgan fingerprint density at radius 3 is 2.37 bits per heavy atom. The molecule has 0 radical (unpaired) electrons. The third-order valence-corrected chi connectivity index (χ3v) is 7.91. The molecule has 5 aromatic rings. The second kappa shape index (κ2) is 7.20. The first-order valence-corrected chi connectivity index (χ1v) is 12.3. The van der Waals surface area contributed by atoms with E-state index in [0.717, 1.165) is 63.3 Å². The van der Waals surface area contributed by atoms with Gasteiger partial charge in [-0.25, -0.2) is 4.98 Å². The van der Waals surface area contributed by atoms with Gasteiger partial charge in [-0.2, -0.15) is 0 Å².